The lowest BCUT2D eigenvalue weighted by molar-refractivity contribution is 0.425. The average molecular weight is 248 g/mol. The summed E-state index contributed by atoms with van der Waals surface area (Å²) in [4.78, 5) is 12.6. The monoisotopic (exact) mass is 248 g/mol. The van der Waals surface area contributed by atoms with E-state index in [1.165, 1.54) is 0 Å². The molecule has 5 heteroatoms. The van der Waals surface area contributed by atoms with Gasteiger partial charge in [0.15, 0.2) is 0 Å². The van der Waals surface area contributed by atoms with Crippen molar-refractivity contribution in [3.05, 3.63) is 17.6 Å². The van der Waals surface area contributed by atoms with Gasteiger partial charge in [-0.2, -0.15) is 0 Å². The maximum Gasteiger partial charge on any atom is 0.227 e. The van der Waals surface area contributed by atoms with E-state index in [1.54, 1.807) is 11.3 Å². The van der Waals surface area contributed by atoms with E-state index in [4.69, 9.17) is 0 Å². The van der Waals surface area contributed by atoms with Crippen LogP contribution in [-0.4, -0.2) is 35.1 Å². The van der Waals surface area contributed by atoms with Crippen LogP contribution in [0.3, 0.4) is 0 Å². The van der Waals surface area contributed by atoms with Gasteiger partial charge in [0, 0.05) is 36.8 Å². The SMILES string of the molecule is C[C@@H]1CNC[C@H](C)N1c1ncc2ccsc2n1. The molecule has 0 aliphatic carbocycles. The molecule has 0 radical (unpaired) electrons. The molecule has 1 aliphatic heterocycles. The highest BCUT2D eigenvalue weighted by Crippen LogP contribution is 2.23. The summed E-state index contributed by atoms with van der Waals surface area (Å²) in [6, 6.07) is 2.95. The second kappa shape index (κ2) is 4.23. The Bertz CT molecular complexity index is 514. The van der Waals surface area contributed by atoms with Gasteiger partial charge < -0.3 is 10.2 Å². The minimum atomic E-state index is 0.441. The van der Waals surface area contributed by atoms with Crippen LogP contribution < -0.4 is 10.2 Å². The van der Waals surface area contributed by atoms with Crippen molar-refractivity contribution in [2.45, 2.75) is 25.9 Å². The first-order valence-electron chi connectivity index (χ1n) is 5.95. The van der Waals surface area contributed by atoms with Crippen molar-refractivity contribution in [3.8, 4) is 0 Å². The number of piperazine rings is 1. The Hall–Kier alpha value is -1.20. The molecular formula is C12H16N4S. The number of thiophene rings is 1. The third-order valence-corrected chi connectivity index (χ3v) is 4.08. The van der Waals surface area contributed by atoms with Crippen LogP contribution in [0.2, 0.25) is 0 Å². The summed E-state index contributed by atoms with van der Waals surface area (Å²) < 4.78 is 0. The zero-order valence-electron chi connectivity index (χ0n) is 10.1. The lowest BCUT2D eigenvalue weighted by atomic mass is 10.1. The van der Waals surface area contributed by atoms with Gasteiger partial charge in [0.05, 0.1) is 0 Å². The van der Waals surface area contributed by atoms with E-state index in [0.29, 0.717) is 12.1 Å². The first kappa shape index (κ1) is 10.9. The van der Waals surface area contributed by atoms with Crippen LogP contribution >= 0.6 is 11.3 Å². The lowest BCUT2D eigenvalue weighted by Crippen LogP contribution is -2.55. The highest BCUT2D eigenvalue weighted by Gasteiger charge is 2.26. The Labute approximate surface area is 105 Å². The van der Waals surface area contributed by atoms with Crippen molar-refractivity contribution in [2.24, 2.45) is 0 Å². The van der Waals surface area contributed by atoms with Crippen molar-refractivity contribution in [3.63, 3.8) is 0 Å². The predicted octanol–water partition coefficient (Wildman–Crippen LogP) is 1.88. The van der Waals surface area contributed by atoms with E-state index in [-0.39, 0.29) is 0 Å². The van der Waals surface area contributed by atoms with Crippen LogP contribution in [0.5, 0.6) is 0 Å². The molecule has 1 N–H and O–H groups in total. The van der Waals surface area contributed by atoms with Crippen LogP contribution in [0.1, 0.15) is 13.8 Å². The van der Waals surface area contributed by atoms with E-state index in [2.05, 4.69) is 45.5 Å². The Kier molecular flexibility index (Phi) is 2.72. The lowest BCUT2D eigenvalue weighted by Gasteiger charge is -2.39. The maximum absolute atomic E-state index is 4.67. The molecule has 0 amide bonds. The van der Waals surface area contributed by atoms with Crippen LogP contribution in [-0.2, 0) is 0 Å². The number of rotatable bonds is 1. The molecule has 0 unspecified atom stereocenters. The van der Waals surface area contributed by atoms with E-state index < -0.39 is 0 Å². The molecule has 3 heterocycles. The van der Waals surface area contributed by atoms with Crippen molar-refractivity contribution in [1.82, 2.24) is 15.3 Å². The fraction of sp³-hybridized carbons (Fsp3) is 0.500. The van der Waals surface area contributed by atoms with Crippen LogP contribution in [0.25, 0.3) is 10.2 Å². The molecule has 1 aliphatic rings. The van der Waals surface area contributed by atoms with Crippen molar-refractivity contribution in [1.29, 1.82) is 0 Å². The van der Waals surface area contributed by atoms with E-state index in [1.807, 2.05) is 6.20 Å². The molecule has 2 atom stereocenters. The van der Waals surface area contributed by atoms with Gasteiger partial charge in [0.2, 0.25) is 5.95 Å². The Balaban J connectivity index is 2.00. The third-order valence-electron chi connectivity index (χ3n) is 3.26. The summed E-state index contributed by atoms with van der Waals surface area (Å²) in [6.45, 7) is 6.42. The van der Waals surface area contributed by atoms with Gasteiger partial charge in [-0.3, -0.25) is 0 Å². The largest absolute Gasteiger partial charge is 0.333 e. The van der Waals surface area contributed by atoms with Crippen molar-refractivity contribution < 1.29 is 0 Å². The van der Waals surface area contributed by atoms with Gasteiger partial charge in [-0.1, -0.05) is 0 Å². The van der Waals surface area contributed by atoms with Gasteiger partial charge in [0.25, 0.3) is 0 Å². The second-order valence-electron chi connectivity index (χ2n) is 4.61. The summed E-state index contributed by atoms with van der Waals surface area (Å²) in [7, 11) is 0. The summed E-state index contributed by atoms with van der Waals surface area (Å²) in [5, 5.41) is 6.62. The maximum atomic E-state index is 4.67. The molecule has 2 aromatic rings. The normalized spacial score (nSPS) is 25.4. The summed E-state index contributed by atoms with van der Waals surface area (Å²) in [6.07, 6.45) is 1.93. The van der Waals surface area contributed by atoms with E-state index in [0.717, 1.165) is 29.3 Å². The highest BCUT2D eigenvalue weighted by atomic mass is 32.1. The molecule has 17 heavy (non-hydrogen) atoms. The number of nitrogens with zero attached hydrogens (tertiary/aromatic N) is 3. The molecule has 1 saturated heterocycles. The van der Waals surface area contributed by atoms with Gasteiger partial charge in [0.1, 0.15) is 4.83 Å². The summed E-state index contributed by atoms with van der Waals surface area (Å²) >= 11 is 1.67. The fourth-order valence-electron chi connectivity index (χ4n) is 2.40. The summed E-state index contributed by atoms with van der Waals surface area (Å²) in [5.41, 5.74) is 0. The standard InChI is InChI=1S/C12H16N4S/c1-8-5-13-6-9(2)16(8)12-14-7-10-3-4-17-11(10)15-12/h3-4,7-9,13H,5-6H2,1-2H3/t8-,9+. The summed E-state index contributed by atoms with van der Waals surface area (Å²) in [5.74, 6) is 0.862. The molecule has 0 spiro atoms. The number of hydrogen-bond acceptors (Lipinski definition) is 5. The number of nitrogens with one attached hydrogen (secondary N) is 1. The number of anilines is 1. The quantitative estimate of drug-likeness (QED) is 0.836. The first-order chi connectivity index (χ1) is 8.25. The molecule has 0 bridgehead atoms. The number of fused-ring (bicyclic) bond motifs is 1. The van der Waals surface area contributed by atoms with Gasteiger partial charge in [-0.05, 0) is 25.3 Å². The van der Waals surface area contributed by atoms with Crippen molar-refractivity contribution in [2.75, 3.05) is 18.0 Å². The van der Waals surface area contributed by atoms with Gasteiger partial charge in [-0.25, -0.2) is 9.97 Å². The number of hydrogen-bond donors (Lipinski definition) is 1. The highest BCUT2D eigenvalue weighted by molar-refractivity contribution is 7.16. The zero-order valence-corrected chi connectivity index (χ0v) is 10.9. The zero-order chi connectivity index (χ0) is 11.8. The molecule has 4 nitrogen and oxygen atoms in total. The smallest absolute Gasteiger partial charge is 0.227 e. The van der Waals surface area contributed by atoms with Crippen LogP contribution in [0.15, 0.2) is 17.6 Å². The topological polar surface area (TPSA) is 41.0 Å². The van der Waals surface area contributed by atoms with Gasteiger partial charge in [-0.15, -0.1) is 11.3 Å². The molecule has 1 fully saturated rings. The first-order valence-corrected chi connectivity index (χ1v) is 6.83. The minimum absolute atomic E-state index is 0.441. The van der Waals surface area contributed by atoms with E-state index >= 15 is 0 Å². The fourth-order valence-corrected chi connectivity index (χ4v) is 3.13. The molecule has 2 aromatic heterocycles. The Morgan fingerprint density at radius 1 is 1.35 bits per heavy atom. The second-order valence-corrected chi connectivity index (χ2v) is 5.51. The Morgan fingerprint density at radius 2 is 2.12 bits per heavy atom. The molecule has 90 valence electrons. The van der Waals surface area contributed by atoms with Crippen molar-refractivity contribution >= 4 is 27.5 Å². The molecule has 0 saturated carbocycles. The predicted molar refractivity (Wildman–Crippen MR) is 71.7 cm³/mol. The molecule has 3 rings (SSSR count). The molecule has 0 aromatic carbocycles. The average Bonchev–Trinajstić information content (AvgIpc) is 2.76. The Morgan fingerprint density at radius 3 is 2.88 bits per heavy atom. The number of aromatic nitrogens is 2. The minimum Gasteiger partial charge on any atom is -0.333 e. The van der Waals surface area contributed by atoms with E-state index in [9.17, 15) is 0 Å². The van der Waals surface area contributed by atoms with Gasteiger partial charge >= 0.3 is 0 Å². The third kappa shape index (κ3) is 1.89. The molecular weight excluding hydrogens is 232 g/mol. The van der Waals surface area contributed by atoms with Crippen LogP contribution in [0.4, 0.5) is 5.95 Å². The van der Waals surface area contributed by atoms with Crippen LogP contribution in [0, 0.1) is 0 Å².